The molecular weight excluding hydrogens is 330 g/mol. The molecule has 0 atom stereocenters. The highest BCUT2D eigenvalue weighted by Gasteiger charge is 2.44. The number of fused-ring (bicyclic) bond motifs is 1. The Morgan fingerprint density at radius 3 is 2.54 bits per heavy atom. The van der Waals surface area contributed by atoms with E-state index in [9.17, 15) is 9.59 Å². The van der Waals surface area contributed by atoms with E-state index < -0.39 is 5.54 Å². The third-order valence-electron chi connectivity index (χ3n) is 5.86. The summed E-state index contributed by atoms with van der Waals surface area (Å²) in [6, 6.07) is 7.77. The Bertz CT molecular complexity index is 678. The second kappa shape index (κ2) is 7.25. The van der Waals surface area contributed by atoms with E-state index in [-0.39, 0.29) is 11.8 Å². The fourth-order valence-corrected chi connectivity index (χ4v) is 4.16. The number of nitrogens with one attached hydrogen (secondary N) is 4. The van der Waals surface area contributed by atoms with E-state index in [1.165, 1.54) is 0 Å². The van der Waals surface area contributed by atoms with E-state index in [0.717, 1.165) is 37.3 Å². The van der Waals surface area contributed by atoms with Gasteiger partial charge < -0.3 is 15.5 Å². The molecule has 1 aromatic rings. The first-order chi connectivity index (χ1) is 12.7. The minimum absolute atomic E-state index is 0.0181. The topological polar surface area (TPSA) is 85.5 Å². The van der Waals surface area contributed by atoms with Gasteiger partial charge >= 0.3 is 0 Å². The number of rotatable bonds is 4. The molecule has 3 heterocycles. The van der Waals surface area contributed by atoms with Crippen molar-refractivity contribution in [3.63, 3.8) is 0 Å². The molecule has 4 N–H and O–H groups in total. The maximum absolute atomic E-state index is 12.6. The highest BCUT2D eigenvalue weighted by molar-refractivity contribution is 6.06. The average Bonchev–Trinajstić information content (AvgIpc) is 3.17. The first kappa shape index (κ1) is 17.3. The maximum atomic E-state index is 12.6. The minimum atomic E-state index is -0.591. The van der Waals surface area contributed by atoms with Crippen LogP contribution in [0.1, 0.15) is 32.1 Å². The SMILES string of the molecule is O=C(CCCC1CNNC1)N1CCC2(CC1)Nc1ccccc1NC2=O. The lowest BCUT2D eigenvalue weighted by molar-refractivity contribution is -0.134. The van der Waals surface area contributed by atoms with Crippen molar-refractivity contribution in [2.75, 3.05) is 36.8 Å². The van der Waals surface area contributed by atoms with Crippen LogP contribution < -0.4 is 21.5 Å². The smallest absolute Gasteiger partial charge is 0.250 e. The van der Waals surface area contributed by atoms with Crippen molar-refractivity contribution in [1.82, 2.24) is 15.8 Å². The molecule has 2 fully saturated rings. The summed E-state index contributed by atoms with van der Waals surface area (Å²) in [6.07, 6.45) is 3.90. The van der Waals surface area contributed by atoms with Gasteiger partial charge in [-0.05, 0) is 43.7 Å². The highest BCUT2D eigenvalue weighted by atomic mass is 16.2. The number of benzene rings is 1. The van der Waals surface area contributed by atoms with Crippen LogP contribution in [0, 0.1) is 5.92 Å². The third kappa shape index (κ3) is 3.41. The summed E-state index contributed by atoms with van der Waals surface area (Å²) < 4.78 is 0. The van der Waals surface area contributed by atoms with Crippen molar-refractivity contribution in [2.24, 2.45) is 5.92 Å². The van der Waals surface area contributed by atoms with Crippen LogP contribution in [0.2, 0.25) is 0 Å². The molecule has 0 aromatic heterocycles. The number of anilines is 2. The Kier molecular flexibility index (Phi) is 4.82. The summed E-state index contributed by atoms with van der Waals surface area (Å²) >= 11 is 0. The molecule has 7 heteroatoms. The van der Waals surface area contributed by atoms with Gasteiger partial charge in [0, 0.05) is 32.6 Å². The van der Waals surface area contributed by atoms with Gasteiger partial charge in [-0.2, -0.15) is 0 Å². The quantitative estimate of drug-likeness (QED) is 0.653. The molecule has 7 nitrogen and oxygen atoms in total. The van der Waals surface area contributed by atoms with Crippen LogP contribution in [0.15, 0.2) is 24.3 Å². The van der Waals surface area contributed by atoms with Gasteiger partial charge in [0.2, 0.25) is 11.8 Å². The fourth-order valence-electron chi connectivity index (χ4n) is 4.16. The first-order valence-electron chi connectivity index (χ1n) is 9.58. The molecule has 1 spiro atoms. The molecule has 0 aliphatic carbocycles. The van der Waals surface area contributed by atoms with Crippen LogP contribution in [0.25, 0.3) is 0 Å². The highest BCUT2D eigenvalue weighted by Crippen LogP contribution is 2.36. The Hall–Kier alpha value is -2.12. The van der Waals surface area contributed by atoms with E-state index >= 15 is 0 Å². The van der Waals surface area contributed by atoms with Gasteiger partial charge in [0.1, 0.15) is 5.54 Å². The zero-order valence-corrected chi connectivity index (χ0v) is 15.0. The van der Waals surface area contributed by atoms with Gasteiger partial charge in [-0.15, -0.1) is 0 Å². The van der Waals surface area contributed by atoms with Crippen LogP contribution >= 0.6 is 0 Å². The molecule has 26 heavy (non-hydrogen) atoms. The van der Waals surface area contributed by atoms with Gasteiger partial charge in [0.25, 0.3) is 0 Å². The molecule has 2 amide bonds. The summed E-state index contributed by atoms with van der Waals surface area (Å²) in [5.41, 5.74) is 7.46. The number of hydrazine groups is 1. The Labute approximate surface area is 153 Å². The summed E-state index contributed by atoms with van der Waals surface area (Å²) in [5, 5.41) is 6.45. The monoisotopic (exact) mass is 357 g/mol. The Morgan fingerprint density at radius 2 is 1.81 bits per heavy atom. The summed E-state index contributed by atoms with van der Waals surface area (Å²) in [6.45, 7) is 3.24. The van der Waals surface area contributed by atoms with E-state index in [1.807, 2.05) is 29.2 Å². The van der Waals surface area contributed by atoms with Crippen LogP contribution in [0.5, 0.6) is 0 Å². The lowest BCUT2D eigenvalue weighted by atomic mass is 9.84. The van der Waals surface area contributed by atoms with E-state index in [2.05, 4.69) is 21.5 Å². The summed E-state index contributed by atoms with van der Waals surface area (Å²) in [5.74, 6) is 0.863. The molecule has 0 radical (unpaired) electrons. The molecule has 3 aliphatic heterocycles. The van der Waals surface area contributed by atoms with E-state index in [1.54, 1.807) is 0 Å². The van der Waals surface area contributed by atoms with Crippen LogP contribution in [0.4, 0.5) is 11.4 Å². The zero-order valence-electron chi connectivity index (χ0n) is 15.0. The number of para-hydroxylation sites is 2. The molecule has 0 unspecified atom stereocenters. The molecule has 1 aromatic carbocycles. The summed E-state index contributed by atoms with van der Waals surface area (Å²) in [4.78, 5) is 27.1. The predicted octanol–water partition coefficient (Wildman–Crippen LogP) is 1.31. The lowest BCUT2D eigenvalue weighted by Crippen LogP contribution is -2.59. The van der Waals surface area contributed by atoms with Gasteiger partial charge in [-0.1, -0.05) is 12.1 Å². The van der Waals surface area contributed by atoms with Crippen molar-refractivity contribution in [2.45, 2.75) is 37.6 Å². The van der Waals surface area contributed by atoms with Crippen molar-refractivity contribution < 1.29 is 9.59 Å². The molecule has 4 rings (SSSR count). The van der Waals surface area contributed by atoms with Crippen molar-refractivity contribution in [3.8, 4) is 0 Å². The number of likely N-dealkylation sites (tertiary alicyclic amines) is 1. The largest absolute Gasteiger partial charge is 0.369 e. The number of carbonyl (C=O) groups excluding carboxylic acids is 2. The van der Waals surface area contributed by atoms with E-state index in [4.69, 9.17) is 0 Å². The van der Waals surface area contributed by atoms with Gasteiger partial charge in [-0.25, -0.2) is 0 Å². The number of hydrogen-bond acceptors (Lipinski definition) is 5. The van der Waals surface area contributed by atoms with Crippen LogP contribution in [0.3, 0.4) is 0 Å². The molecule has 0 bridgehead atoms. The number of piperidine rings is 1. The molecule has 140 valence electrons. The normalized spacial score (nSPS) is 22.0. The summed E-state index contributed by atoms with van der Waals surface area (Å²) in [7, 11) is 0. The van der Waals surface area contributed by atoms with Crippen LogP contribution in [-0.4, -0.2) is 48.4 Å². The van der Waals surface area contributed by atoms with Gasteiger partial charge in [0.15, 0.2) is 0 Å². The number of nitrogens with zero attached hydrogens (tertiary/aromatic N) is 1. The Morgan fingerprint density at radius 1 is 1.12 bits per heavy atom. The standard InChI is InChI=1S/C19H27N5O2/c25-17(7-3-4-14-12-20-21-13-14)24-10-8-19(9-11-24)18(26)22-15-5-1-2-6-16(15)23-19/h1-2,5-6,14,20-21,23H,3-4,7-13H2,(H,22,26). The molecule has 2 saturated heterocycles. The van der Waals surface area contributed by atoms with Crippen molar-refractivity contribution >= 4 is 23.2 Å². The van der Waals surface area contributed by atoms with Crippen molar-refractivity contribution in [1.29, 1.82) is 0 Å². The maximum Gasteiger partial charge on any atom is 0.250 e. The zero-order chi connectivity index (χ0) is 18.0. The first-order valence-corrected chi connectivity index (χ1v) is 9.58. The average molecular weight is 357 g/mol. The minimum Gasteiger partial charge on any atom is -0.369 e. The lowest BCUT2D eigenvalue weighted by Gasteiger charge is -2.44. The second-order valence-electron chi connectivity index (χ2n) is 7.61. The second-order valence-corrected chi connectivity index (χ2v) is 7.61. The Balaban J connectivity index is 1.29. The fraction of sp³-hybridized carbons (Fsp3) is 0.579. The third-order valence-corrected chi connectivity index (χ3v) is 5.86. The van der Waals surface area contributed by atoms with Gasteiger partial charge in [-0.3, -0.25) is 20.4 Å². The van der Waals surface area contributed by atoms with Gasteiger partial charge in [0.05, 0.1) is 11.4 Å². The molecule has 3 aliphatic rings. The van der Waals surface area contributed by atoms with Crippen LogP contribution in [-0.2, 0) is 9.59 Å². The molecular formula is C19H27N5O2. The molecule has 0 saturated carbocycles. The van der Waals surface area contributed by atoms with E-state index in [0.29, 0.717) is 38.3 Å². The number of amides is 2. The van der Waals surface area contributed by atoms with Crippen molar-refractivity contribution in [3.05, 3.63) is 24.3 Å². The number of carbonyl (C=O) groups is 2. The predicted molar refractivity (Wildman–Crippen MR) is 101 cm³/mol. The number of hydrogen-bond donors (Lipinski definition) is 4.